The van der Waals surface area contributed by atoms with Crippen LogP contribution in [0.25, 0.3) is 0 Å². The number of anilines is 1. The van der Waals surface area contributed by atoms with Crippen molar-refractivity contribution in [1.82, 2.24) is 4.90 Å². The van der Waals surface area contributed by atoms with E-state index in [1.807, 2.05) is 17.0 Å². The number of ether oxygens (including phenoxy) is 2. The maximum absolute atomic E-state index is 12.0. The van der Waals surface area contributed by atoms with E-state index in [0.717, 1.165) is 0 Å². The van der Waals surface area contributed by atoms with Gasteiger partial charge in [-0.3, -0.25) is 9.69 Å². The maximum atomic E-state index is 12.0. The van der Waals surface area contributed by atoms with E-state index in [4.69, 9.17) is 14.7 Å². The number of nitrogens with one attached hydrogen (secondary N) is 1. The first-order valence-electron chi connectivity index (χ1n) is 6.39. The van der Waals surface area contributed by atoms with Crippen LogP contribution in [0, 0.1) is 11.3 Å². The van der Waals surface area contributed by atoms with Gasteiger partial charge in [-0.2, -0.15) is 5.26 Å². The number of carbonyl (C=O) groups is 1. The lowest BCUT2D eigenvalue weighted by atomic mass is 10.2. The molecule has 1 aliphatic rings. The van der Waals surface area contributed by atoms with Gasteiger partial charge in [0.05, 0.1) is 32.0 Å². The zero-order chi connectivity index (χ0) is 14.4. The predicted molar refractivity (Wildman–Crippen MR) is 73.4 cm³/mol. The molecule has 1 aromatic rings. The van der Waals surface area contributed by atoms with Crippen LogP contribution in [0.1, 0.15) is 0 Å². The summed E-state index contributed by atoms with van der Waals surface area (Å²) in [5.41, 5.74) is 0.644. The fraction of sp³-hybridized carbons (Fsp3) is 0.429. The number of nitriles is 1. The minimum absolute atomic E-state index is 0.131. The predicted octanol–water partition coefficient (Wildman–Crippen LogP) is 0.858. The van der Waals surface area contributed by atoms with Gasteiger partial charge in [0.25, 0.3) is 0 Å². The van der Waals surface area contributed by atoms with Crippen molar-refractivity contribution in [1.29, 1.82) is 5.26 Å². The van der Waals surface area contributed by atoms with Crippen LogP contribution in [0.5, 0.6) is 5.75 Å². The first kappa shape index (κ1) is 14.3. The summed E-state index contributed by atoms with van der Waals surface area (Å²) >= 11 is 0. The molecular weight excluding hydrogens is 258 g/mol. The van der Waals surface area contributed by atoms with Crippen molar-refractivity contribution in [2.75, 3.05) is 38.7 Å². The lowest BCUT2D eigenvalue weighted by Crippen LogP contribution is -2.45. The van der Waals surface area contributed by atoms with E-state index in [-0.39, 0.29) is 12.5 Å². The Hall–Kier alpha value is -2.10. The Balaban J connectivity index is 1.91. The van der Waals surface area contributed by atoms with E-state index in [2.05, 4.69) is 11.4 Å². The van der Waals surface area contributed by atoms with Crippen molar-refractivity contribution in [2.24, 2.45) is 0 Å². The van der Waals surface area contributed by atoms with Gasteiger partial charge in [0.2, 0.25) is 5.91 Å². The van der Waals surface area contributed by atoms with Gasteiger partial charge in [-0.05, 0) is 12.1 Å². The number of amides is 1. The molecule has 2 rings (SSSR count). The molecule has 20 heavy (non-hydrogen) atoms. The molecule has 1 amide bonds. The Morgan fingerprint density at radius 1 is 1.60 bits per heavy atom. The zero-order valence-electron chi connectivity index (χ0n) is 11.3. The van der Waals surface area contributed by atoms with Gasteiger partial charge < -0.3 is 14.8 Å². The highest BCUT2D eigenvalue weighted by atomic mass is 16.5. The molecular formula is C14H17N3O3. The molecule has 0 radical (unpaired) electrons. The van der Waals surface area contributed by atoms with Crippen LogP contribution in [-0.2, 0) is 9.53 Å². The molecule has 1 aromatic carbocycles. The van der Waals surface area contributed by atoms with E-state index in [1.165, 1.54) is 0 Å². The summed E-state index contributed by atoms with van der Waals surface area (Å²) in [5.74, 6) is 0.491. The summed E-state index contributed by atoms with van der Waals surface area (Å²) in [5, 5.41) is 11.6. The number of morpholine rings is 1. The van der Waals surface area contributed by atoms with Crippen LogP contribution in [0.15, 0.2) is 24.3 Å². The number of para-hydroxylation sites is 2. The Morgan fingerprint density at radius 3 is 3.15 bits per heavy atom. The maximum Gasteiger partial charge on any atom is 0.238 e. The highest BCUT2D eigenvalue weighted by Gasteiger charge is 2.21. The second-order valence-electron chi connectivity index (χ2n) is 4.47. The molecule has 0 bridgehead atoms. The summed E-state index contributed by atoms with van der Waals surface area (Å²) in [6, 6.07) is 9.31. The second-order valence-corrected chi connectivity index (χ2v) is 4.47. The van der Waals surface area contributed by atoms with Crippen molar-refractivity contribution >= 4 is 11.6 Å². The normalized spacial score (nSPS) is 19.1. The molecule has 1 saturated heterocycles. The van der Waals surface area contributed by atoms with Gasteiger partial charge in [-0.15, -0.1) is 0 Å². The van der Waals surface area contributed by atoms with Crippen molar-refractivity contribution in [3.05, 3.63) is 24.3 Å². The number of methoxy groups -OCH3 is 1. The average Bonchev–Trinajstić information content (AvgIpc) is 2.48. The largest absolute Gasteiger partial charge is 0.495 e. The van der Waals surface area contributed by atoms with Crippen molar-refractivity contribution in [3.63, 3.8) is 0 Å². The van der Waals surface area contributed by atoms with Crippen LogP contribution >= 0.6 is 0 Å². The van der Waals surface area contributed by atoms with E-state index in [9.17, 15) is 4.79 Å². The minimum atomic E-state index is -0.456. The first-order valence-corrected chi connectivity index (χ1v) is 6.39. The lowest BCUT2D eigenvalue weighted by molar-refractivity contribution is -0.118. The van der Waals surface area contributed by atoms with Crippen molar-refractivity contribution in [2.45, 2.75) is 6.10 Å². The van der Waals surface area contributed by atoms with Crippen molar-refractivity contribution in [3.8, 4) is 11.8 Å². The summed E-state index contributed by atoms with van der Waals surface area (Å²) in [6.45, 7) is 1.81. The minimum Gasteiger partial charge on any atom is -0.495 e. The number of benzene rings is 1. The number of hydrogen-bond acceptors (Lipinski definition) is 5. The second kappa shape index (κ2) is 6.89. The van der Waals surface area contributed by atoms with E-state index < -0.39 is 6.10 Å². The summed E-state index contributed by atoms with van der Waals surface area (Å²) < 4.78 is 10.4. The summed E-state index contributed by atoms with van der Waals surface area (Å²) in [4.78, 5) is 13.9. The summed E-state index contributed by atoms with van der Waals surface area (Å²) in [6.07, 6.45) is -0.456. The Bertz CT molecular complexity index is 513. The smallest absolute Gasteiger partial charge is 0.238 e. The Kier molecular flexibility index (Phi) is 4.93. The number of carbonyl (C=O) groups excluding carboxylic acids is 1. The van der Waals surface area contributed by atoms with Crippen LogP contribution < -0.4 is 10.1 Å². The first-order chi connectivity index (χ1) is 9.72. The molecule has 1 aliphatic heterocycles. The molecule has 1 unspecified atom stereocenters. The third-order valence-electron chi connectivity index (χ3n) is 3.04. The fourth-order valence-electron chi connectivity index (χ4n) is 2.06. The number of hydrogen-bond donors (Lipinski definition) is 1. The Morgan fingerprint density at radius 2 is 2.40 bits per heavy atom. The molecule has 1 fully saturated rings. The quantitative estimate of drug-likeness (QED) is 0.882. The van der Waals surface area contributed by atoms with Gasteiger partial charge in [0.15, 0.2) is 6.10 Å². The molecule has 106 valence electrons. The van der Waals surface area contributed by atoms with Gasteiger partial charge in [0, 0.05) is 13.1 Å². The third-order valence-corrected chi connectivity index (χ3v) is 3.04. The summed E-state index contributed by atoms with van der Waals surface area (Å²) in [7, 11) is 1.56. The average molecular weight is 275 g/mol. The third kappa shape index (κ3) is 3.70. The molecule has 1 atom stereocenters. The van der Waals surface area contributed by atoms with E-state index in [0.29, 0.717) is 31.1 Å². The standard InChI is InChI=1S/C14H17N3O3/c1-19-13-5-3-2-4-12(13)16-14(18)10-17-6-7-20-11(8-15)9-17/h2-5,11H,6-7,9-10H2,1H3,(H,16,18). The molecule has 6 heteroatoms. The number of rotatable bonds is 4. The molecule has 1 N–H and O–H groups in total. The highest BCUT2D eigenvalue weighted by Crippen LogP contribution is 2.22. The molecule has 1 heterocycles. The lowest BCUT2D eigenvalue weighted by Gasteiger charge is -2.28. The van der Waals surface area contributed by atoms with Crippen LogP contribution in [0.3, 0.4) is 0 Å². The topological polar surface area (TPSA) is 74.6 Å². The SMILES string of the molecule is COc1ccccc1NC(=O)CN1CCOC(C#N)C1. The molecule has 0 aliphatic carbocycles. The number of nitrogens with zero attached hydrogens (tertiary/aromatic N) is 2. The molecule has 0 spiro atoms. The van der Waals surface area contributed by atoms with Crippen LogP contribution in [-0.4, -0.2) is 50.3 Å². The highest BCUT2D eigenvalue weighted by molar-refractivity contribution is 5.93. The van der Waals surface area contributed by atoms with Crippen molar-refractivity contribution < 1.29 is 14.3 Å². The van der Waals surface area contributed by atoms with Crippen LogP contribution in [0.2, 0.25) is 0 Å². The monoisotopic (exact) mass is 275 g/mol. The van der Waals surface area contributed by atoms with Gasteiger partial charge >= 0.3 is 0 Å². The van der Waals surface area contributed by atoms with Crippen LogP contribution in [0.4, 0.5) is 5.69 Å². The van der Waals surface area contributed by atoms with E-state index in [1.54, 1.807) is 19.2 Å². The fourth-order valence-corrected chi connectivity index (χ4v) is 2.06. The van der Waals surface area contributed by atoms with Gasteiger partial charge in [-0.25, -0.2) is 0 Å². The Labute approximate surface area is 117 Å². The molecule has 0 aromatic heterocycles. The molecule has 0 saturated carbocycles. The van der Waals surface area contributed by atoms with Gasteiger partial charge in [0.1, 0.15) is 5.75 Å². The zero-order valence-corrected chi connectivity index (χ0v) is 11.3. The van der Waals surface area contributed by atoms with Gasteiger partial charge in [-0.1, -0.05) is 12.1 Å². The molecule has 6 nitrogen and oxygen atoms in total. The van der Waals surface area contributed by atoms with E-state index >= 15 is 0 Å².